The van der Waals surface area contributed by atoms with Crippen molar-refractivity contribution in [3.05, 3.63) is 29.8 Å². The van der Waals surface area contributed by atoms with Gasteiger partial charge in [0.05, 0.1) is 12.2 Å². The van der Waals surface area contributed by atoms with Gasteiger partial charge in [-0.2, -0.15) is 13.2 Å². The molecular formula is C16H23F3N2O2S. The lowest BCUT2D eigenvalue weighted by atomic mass is 9.81. The lowest BCUT2D eigenvalue weighted by molar-refractivity contribution is -0.183. The second kappa shape index (κ2) is 7.74. The van der Waals surface area contributed by atoms with Crippen molar-refractivity contribution in [1.82, 2.24) is 5.32 Å². The van der Waals surface area contributed by atoms with Crippen LogP contribution < -0.4 is 10.0 Å². The minimum Gasteiger partial charge on any atom is -0.312 e. The van der Waals surface area contributed by atoms with Crippen LogP contribution in [0.25, 0.3) is 0 Å². The Morgan fingerprint density at radius 2 is 1.83 bits per heavy atom. The van der Waals surface area contributed by atoms with E-state index < -0.39 is 22.1 Å². The third-order valence-corrected chi connectivity index (χ3v) is 4.91. The lowest BCUT2D eigenvalue weighted by Crippen LogP contribution is -2.31. The highest BCUT2D eigenvalue weighted by Gasteiger charge is 2.41. The van der Waals surface area contributed by atoms with Crippen LogP contribution in [0.15, 0.2) is 24.3 Å². The van der Waals surface area contributed by atoms with E-state index in [2.05, 4.69) is 10.0 Å². The predicted octanol–water partition coefficient (Wildman–Crippen LogP) is 3.52. The normalized spacial score (nSPS) is 22.3. The van der Waals surface area contributed by atoms with E-state index in [9.17, 15) is 21.6 Å². The number of rotatable bonds is 6. The summed E-state index contributed by atoms with van der Waals surface area (Å²) in [6.07, 6.45) is -1.37. The van der Waals surface area contributed by atoms with Gasteiger partial charge in [0.25, 0.3) is 0 Å². The first-order valence-corrected chi connectivity index (χ1v) is 9.87. The van der Waals surface area contributed by atoms with Crippen molar-refractivity contribution in [2.24, 2.45) is 11.8 Å². The summed E-state index contributed by atoms with van der Waals surface area (Å²) in [5, 5.41) is 3.26. The molecule has 1 saturated carbocycles. The molecule has 0 atom stereocenters. The Morgan fingerprint density at radius 3 is 2.42 bits per heavy atom. The molecule has 0 unspecified atom stereocenters. The molecule has 136 valence electrons. The molecule has 2 N–H and O–H groups in total. The molecule has 1 aromatic rings. The standard InChI is InChI=1S/C16H23F3N2O2S/c1-24(22,23)21-15-4-2-3-13(9-15)11-20-10-12-5-7-14(8-6-12)16(17,18)19/h2-4,9,12,14,20-21H,5-8,10-11H2,1H3. The maximum atomic E-state index is 12.6. The zero-order chi connectivity index (χ0) is 17.8. The summed E-state index contributed by atoms with van der Waals surface area (Å²) in [5.41, 5.74) is 1.43. The number of benzene rings is 1. The summed E-state index contributed by atoms with van der Waals surface area (Å²) in [6, 6.07) is 7.05. The first-order chi connectivity index (χ1) is 11.1. The number of halogens is 3. The summed E-state index contributed by atoms with van der Waals surface area (Å²) in [6.45, 7) is 1.23. The molecule has 1 aliphatic rings. The number of nitrogens with one attached hydrogen (secondary N) is 2. The molecule has 0 heterocycles. The fourth-order valence-electron chi connectivity index (χ4n) is 3.07. The van der Waals surface area contributed by atoms with Crippen LogP contribution in [0, 0.1) is 11.8 Å². The maximum Gasteiger partial charge on any atom is 0.391 e. The smallest absolute Gasteiger partial charge is 0.312 e. The molecule has 8 heteroatoms. The molecule has 0 radical (unpaired) electrons. The summed E-state index contributed by atoms with van der Waals surface area (Å²) in [7, 11) is -3.31. The van der Waals surface area contributed by atoms with Crippen LogP contribution in [0.1, 0.15) is 31.2 Å². The Hall–Kier alpha value is -1.28. The maximum absolute atomic E-state index is 12.6. The Balaban J connectivity index is 1.76. The quantitative estimate of drug-likeness (QED) is 0.812. The molecular weight excluding hydrogens is 341 g/mol. The Morgan fingerprint density at radius 1 is 1.17 bits per heavy atom. The number of anilines is 1. The van der Waals surface area contributed by atoms with Crippen molar-refractivity contribution < 1.29 is 21.6 Å². The van der Waals surface area contributed by atoms with Gasteiger partial charge in [-0.3, -0.25) is 4.72 Å². The minimum atomic E-state index is -4.06. The molecule has 0 spiro atoms. The van der Waals surface area contributed by atoms with Gasteiger partial charge in [0.2, 0.25) is 10.0 Å². The molecule has 1 aromatic carbocycles. The van der Waals surface area contributed by atoms with Gasteiger partial charge >= 0.3 is 6.18 Å². The first-order valence-electron chi connectivity index (χ1n) is 7.97. The van der Waals surface area contributed by atoms with Crippen molar-refractivity contribution in [3.8, 4) is 0 Å². The molecule has 1 aliphatic carbocycles. The largest absolute Gasteiger partial charge is 0.391 e. The van der Waals surface area contributed by atoms with Crippen molar-refractivity contribution in [1.29, 1.82) is 0 Å². The van der Waals surface area contributed by atoms with E-state index in [0.29, 0.717) is 31.6 Å². The monoisotopic (exact) mass is 364 g/mol. The van der Waals surface area contributed by atoms with Gasteiger partial charge < -0.3 is 5.32 Å². The van der Waals surface area contributed by atoms with Gasteiger partial charge in [-0.05, 0) is 55.8 Å². The number of alkyl halides is 3. The molecule has 2 rings (SSSR count). The average Bonchev–Trinajstić information content (AvgIpc) is 2.45. The third-order valence-electron chi connectivity index (χ3n) is 4.30. The molecule has 0 saturated heterocycles. The van der Waals surface area contributed by atoms with Gasteiger partial charge in [-0.15, -0.1) is 0 Å². The lowest BCUT2D eigenvalue weighted by Gasteiger charge is -2.30. The average molecular weight is 364 g/mol. The van der Waals surface area contributed by atoms with Crippen LogP contribution in [0.5, 0.6) is 0 Å². The van der Waals surface area contributed by atoms with Gasteiger partial charge in [-0.25, -0.2) is 8.42 Å². The number of hydrogen-bond acceptors (Lipinski definition) is 3. The van der Waals surface area contributed by atoms with Crippen LogP contribution >= 0.6 is 0 Å². The third kappa shape index (κ3) is 6.32. The minimum absolute atomic E-state index is 0.212. The second-order valence-corrected chi connectivity index (χ2v) is 8.21. The second-order valence-electron chi connectivity index (χ2n) is 6.46. The zero-order valence-electron chi connectivity index (χ0n) is 13.6. The van der Waals surface area contributed by atoms with E-state index in [1.807, 2.05) is 6.07 Å². The summed E-state index contributed by atoms with van der Waals surface area (Å²) >= 11 is 0. The van der Waals surface area contributed by atoms with E-state index >= 15 is 0 Å². The summed E-state index contributed by atoms with van der Waals surface area (Å²) < 4.78 is 62.8. The SMILES string of the molecule is CS(=O)(=O)Nc1cccc(CNCC2CCC(C(F)(F)F)CC2)c1. The van der Waals surface area contributed by atoms with Crippen molar-refractivity contribution in [3.63, 3.8) is 0 Å². The summed E-state index contributed by atoms with van der Waals surface area (Å²) in [4.78, 5) is 0. The summed E-state index contributed by atoms with van der Waals surface area (Å²) in [5.74, 6) is -0.881. The highest BCUT2D eigenvalue weighted by atomic mass is 32.2. The number of sulfonamides is 1. The fraction of sp³-hybridized carbons (Fsp3) is 0.625. The zero-order valence-corrected chi connectivity index (χ0v) is 14.4. The van der Waals surface area contributed by atoms with Gasteiger partial charge in [-0.1, -0.05) is 12.1 Å². The molecule has 0 aliphatic heterocycles. The van der Waals surface area contributed by atoms with E-state index in [4.69, 9.17) is 0 Å². The molecule has 0 amide bonds. The van der Waals surface area contributed by atoms with E-state index in [1.54, 1.807) is 18.2 Å². The van der Waals surface area contributed by atoms with E-state index in [1.165, 1.54) is 0 Å². The molecule has 24 heavy (non-hydrogen) atoms. The van der Waals surface area contributed by atoms with E-state index in [-0.39, 0.29) is 18.8 Å². The van der Waals surface area contributed by atoms with Crippen LogP contribution in [0.3, 0.4) is 0 Å². The molecule has 1 fully saturated rings. The topological polar surface area (TPSA) is 58.2 Å². The highest BCUT2D eigenvalue weighted by Crippen LogP contribution is 2.39. The highest BCUT2D eigenvalue weighted by molar-refractivity contribution is 7.92. The Labute approximate surface area is 140 Å². The van der Waals surface area contributed by atoms with Crippen molar-refractivity contribution in [2.75, 3.05) is 17.5 Å². The molecule has 0 aromatic heterocycles. The van der Waals surface area contributed by atoms with Gasteiger partial charge in [0.15, 0.2) is 0 Å². The Kier molecular flexibility index (Phi) is 6.14. The van der Waals surface area contributed by atoms with Crippen LogP contribution in [-0.4, -0.2) is 27.4 Å². The van der Waals surface area contributed by atoms with Crippen molar-refractivity contribution >= 4 is 15.7 Å². The number of hydrogen-bond donors (Lipinski definition) is 2. The van der Waals surface area contributed by atoms with E-state index in [0.717, 1.165) is 11.8 Å². The fourth-order valence-corrected chi connectivity index (χ4v) is 3.63. The Bertz CT molecular complexity index is 639. The van der Waals surface area contributed by atoms with Gasteiger partial charge in [0, 0.05) is 12.2 Å². The first kappa shape index (κ1) is 19.1. The van der Waals surface area contributed by atoms with Crippen molar-refractivity contribution in [2.45, 2.75) is 38.4 Å². The van der Waals surface area contributed by atoms with Crippen LogP contribution in [0.4, 0.5) is 18.9 Å². The van der Waals surface area contributed by atoms with Crippen LogP contribution in [0.2, 0.25) is 0 Å². The predicted molar refractivity (Wildman–Crippen MR) is 88.1 cm³/mol. The van der Waals surface area contributed by atoms with Crippen LogP contribution in [-0.2, 0) is 16.6 Å². The van der Waals surface area contributed by atoms with Gasteiger partial charge in [0.1, 0.15) is 0 Å². The molecule has 0 bridgehead atoms. The molecule has 4 nitrogen and oxygen atoms in total.